The molecule has 4 aromatic rings. The molecule has 0 aliphatic rings. The monoisotopic (exact) mass is 431 g/mol. The van der Waals surface area contributed by atoms with Crippen LogP contribution in [0.5, 0.6) is 0 Å². The predicted octanol–water partition coefficient (Wildman–Crippen LogP) is 4.20. The summed E-state index contributed by atoms with van der Waals surface area (Å²) in [5.41, 5.74) is 3.18. The van der Waals surface area contributed by atoms with Crippen molar-refractivity contribution in [2.75, 3.05) is 5.32 Å². The Morgan fingerprint density at radius 1 is 1.21 bits per heavy atom. The molecule has 0 aliphatic heterocycles. The van der Waals surface area contributed by atoms with Crippen LogP contribution in [0.3, 0.4) is 0 Å². The van der Waals surface area contributed by atoms with Crippen LogP contribution >= 0.6 is 22.9 Å². The van der Waals surface area contributed by atoms with Crippen molar-refractivity contribution >= 4 is 51.6 Å². The van der Waals surface area contributed by atoms with Crippen molar-refractivity contribution in [1.29, 1.82) is 0 Å². The second kappa shape index (κ2) is 7.73. The van der Waals surface area contributed by atoms with E-state index in [-0.39, 0.29) is 0 Å². The molecular formula is C17H14IN5O. The van der Waals surface area contributed by atoms with Gasteiger partial charge in [-0.2, -0.15) is 0 Å². The molecule has 0 amide bonds. The number of H-pyrrole nitrogens is 1. The first-order valence-corrected chi connectivity index (χ1v) is 8.11. The number of fused-ring (bicyclic) bond motifs is 1. The molecular weight excluding hydrogens is 417 g/mol. The van der Waals surface area contributed by atoms with Crippen LogP contribution in [-0.4, -0.2) is 24.0 Å². The lowest BCUT2D eigenvalue weighted by Crippen LogP contribution is -1.91. The van der Waals surface area contributed by atoms with E-state index < -0.39 is 0 Å². The molecule has 0 radical (unpaired) electrons. The minimum atomic E-state index is 0.620. The Hall–Kier alpha value is -2.68. The molecule has 0 bridgehead atoms. The number of nitrogens with zero attached hydrogens (tertiary/aromatic N) is 3. The number of aldehydes is 1. The van der Waals surface area contributed by atoms with Gasteiger partial charge in [-0.05, 0) is 18.2 Å². The second-order valence-corrected chi connectivity index (χ2v) is 5.99. The lowest BCUT2D eigenvalue weighted by atomic mass is 10.2. The summed E-state index contributed by atoms with van der Waals surface area (Å²) in [6.07, 6.45) is 9.58. The molecule has 7 heteroatoms. The largest absolute Gasteiger partial charge is 0.354 e. The summed E-state index contributed by atoms with van der Waals surface area (Å²) in [7, 11) is 0. The van der Waals surface area contributed by atoms with E-state index in [4.69, 9.17) is 0 Å². The van der Waals surface area contributed by atoms with Crippen LogP contribution in [0.15, 0.2) is 67.5 Å². The van der Waals surface area contributed by atoms with Gasteiger partial charge in [0.15, 0.2) is 6.29 Å². The van der Waals surface area contributed by atoms with Crippen molar-refractivity contribution in [3.05, 3.63) is 73.1 Å². The van der Waals surface area contributed by atoms with Crippen LogP contribution in [0.1, 0.15) is 10.4 Å². The number of carbonyl (C=O) groups is 1. The normalized spacial score (nSPS) is 10.0. The summed E-state index contributed by atoms with van der Waals surface area (Å²) >= 11 is 2.13. The summed E-state index contributed by atoms with van der Waals surface area (Å²) in [6.45, 7) is 0. The van der Waals surface area contributed by atoms with Crippen LogP contribution in [0, 0.1) is 0 Å². The fourth-order valence-electron chi connectivity index (χ4n) is 2.12. The van der Waals surface area contributed by atoms with Gasteiger partial charge in [-0.15, -0.1) is 0 Å². The molecule has 3 aromatic heterocycles. The number of hydrogen-bond donors (Lipinski definition) is 2. The van der Waals surface area contributed by atoms with E-state index in [0.717, 1.165) is 28.7 Å². The van der Waals surface area contributed by atoms with E-state index in [1.807, 2.05) is 45.4 Å². The SMILES string of the molecule is In1ccnc1.O=Cc1c[nH]c2ncc(Nc3ccccc3)cc12. The van der Waals surface area contributed by atoms with Crippen LogP contribution in [0.25, 0.3) is 11.0 Å². The van der Waals surface area contributed by atoms with E-state index in [9.17, 15) is 4.79 Å². The van der Waals surface area contributed by atoms with Crippen LogP contribution in [0.2, 0.25) is 0 Å². The summed E-state index contributed by atoms with van der Waals surface area (Å²) in [5, 5.41) is 4.07. The Morgan fingerprint density at radius 2 is 2.04 bits per heavy atom. The zero-order valence-electron chi connectivity index (χ0n) is 12.6. The molecule has 1 aromatic carbocycles. The summed E-state index contributed by atoms with van der Waals surface area (Å²) in [6, 6.07) is 11.7. The fourth-order valence-corrected chi connectivity index (χ4v) is 2.41. The maximum absolute atomic E-state index is 10.9. The molecule has 24 heavy (non-hydrogen) atoms. The predicted molar refractivity (Wildman–Crippen MR) is 103 cm³/mol. The molecule has 0 aliphatic carbocycles. The molecule has 4 rings (SSSR count). The molecule has 6 nitrogen and oxygen atoms in total. The van der Waals surface area contributed by atoms with E-state index in [1.54, 1.807) is 24.9 Å². The average molecular weight is 431 g/mol. The van der Waals surface area contributed by atoms with Crippen molar-refractivity contribution in [3.8, 4) is 0 Å². The first-order chi connectivity index (χ1) is 11.8. The number of anilines is 2. The third-order valence-corrected chi connectivity index (χ3v) is 3.80. The van der Waals surface area contributed by atoms with Gasteiger partial charge in [0.25, 0.3) is 0 Å². The fraction of sp³-hybridized carbons (Fsp3) is 0. The third-order valence-electron chi connectivity index (χ3n) is 3.22. The number of aromatic amines is 1. The molecule has 0 fully saturated rings. The molecule has 120 valence electrons. The van der Waals surface area contributed by atoms with Gasteiger partial charge in [0.2, 0.25) is 0 Å². The van der Waals surface area contributed by atoms with E-state index in [0.29, 0.717) is 5.56 Å². The lowest BCUT2D eigenvalue weighted by Gasteiger charge is -2.05. The number of benzene rings is 1. The highest BCUT2D eigenvalue weighted by Crippen LogP contribution is 2.21. The highest BCUT2D eigenvalue weighted by Gasteiger charge is 2.04. The Bertz CT molecular complexity index is 919. The molecule has 2 N–H and O–H groups in total. The molecule has 0 spiro atoms. The van der Waals surface area contributed by atoms with Gasteiger partial charge in [0, 0.05) is 35.2 Å². The van der Waals surface area contributed by atoms with Crippen LogP contribution in [-0.2, 0) is 0 Å². The molecule has 0 atom stereocenters. The van der Waals surface area contributed by atoms with Gasteiger partial charge < -0.3 is 10.3 Å². The number of rotatable bonds is 3. The summed E-state index contributed by atoms with van der Waals surface area (Å²) < 4.78 is 1.86. The first-order valence-electron chi connectivity index (χ1n) is 7.15. The number of pyridine rings is 1. The minimum Gasteiger partial charge on any atom is -0.354 e. The average Bonchev–Trinajstić information content (AvgIpc) is 3.25. The van der Waals surface area contributed by atoms with E-state index >= 15 is 0 Å². The van der Waals surface area contributed by atoms with Gasteiger partial charge >= 0.3 is 0 Å². The van der Waals surface area contributed by atoms with Gasteiger partial charge in [-0.3, -0.25) is 7.58 Å². The maximum atomic E-state index is 10.9. The zero-order valence-corrected chi connectivity index (χ0v) is 14.7. The Kier molecular flexibility index (Phi) is 5.22. The Labute approximate surface area is 152 Å². The van der Waals surface area contributed by atoms with Gasteiger partial charge in [-0.25, -0.2) is 9.97 Å². The maximum Gasteiger partial charge on any atom is 0.152 e. The van der Waals surface area contributed by atoms with Crippen LogP contribution in [0.4, 0.5) is 11.4 Å². The summed E-state index contributed by atoms with van der Waals surface area (Å²) in [4.78, 5) is 21.9. The highest BCUT2D eigenvalue weighted by atomic mass is 127. The summed E-state index contributed by atoms with van der Waals surface area (Å²) in [5.74, 6) is 0. The molecule has 3 heterocycles. The smallest absolute Gasteiger partial charge is 0.152 e. The van der Waals surface area contributed by atoms with Crippen molar-refractivity contribution in [1.82, 2.24) is 17.7 Å². The van der Waals surface area contributed by atoms with Crippen molar-refractivity contribution in [3.63, 3.8) is 0 Å². The van der Waals surface area contributed by atoms with E-state index in [1.165, 1.54) is 0 Å². The van der Waals surface area contributed by atoms with Crippen molar-refractivity contribution in [2.24, 2.45) is 0 Å². The number of halogens is 1. The Balaban J connectivity index is 0.000000238. The van der Waals surface area contributed by atoms with Gasteiger partial charge in [0.1, 0.15) is 12.0 Å². The van der Waals surface area contributed by atoms with Gasteiger partial charge in [-0.1, -0.05) is 18.2 Å². The van der Waals surface area contributed by atoms with Gasteiger partial charge in [0.05, 0.1) is 34.7 Å². The quantitative estimate of drug-likeness (QED) is 0.377. The number of aromatic nitrogens is 4. The number of nitrogens with one attached hydrogen (secondary N) is 2. The standard InChI is InChI=1S/C14H11N3O.C3H3IN2/c18-9-10-7-15-14-13(10)6-12(8-16-14)17-11-4-2-1-3-5-11;4-6-2-1-5-3-6/h1-9,17H,(H,15,16);1-3H. The number of imidazole rings is 1. The number of carbonyl (C=O) groups excluding carboxylic acids is 1. The second-order valence-electron chi connectivity index (χ2n) is 4.88. The minimum absolute atomic E-state index is 0.620. The lowest BCUT2D eigenvalue weighted by molar-refractivity contribution is 0.112. The third kappa shape index (κ3) is 3.99. The highest BCUT2D eigenvalue weighted by molar-refractivity contribution is 14.1. The topological polar surface area (TPSA) is 75.6 Å². The number of hydrogen-bond acceptors (Lipinski definition) is 4. The van der Waals surface area contributed by atoms with Crippen molar-refractivity contribution in [2.45, 2.75) is 0 Å². The zero-order chi connectivity index (χ0) is 16.8. The molecule has 0 saturated carbocycles. The Morgan fingerprint density at radius 3 is 2.67 bits per heavy atom. The molecule has 0 unspecified atom stereocenters. The van der Waals surface area contributed by atoms with Crippen molar-refractivity contribution < 1.29 is 4.79 Å². The molecule has 0 saturated heterocycles. The van der Waals surface area contributed by atoms with E-state index in [2.05, 4.69) is 43.1 Å². The first kappa shape index (κ1) is 16.2. The van der Waals surface area contributed by atoms with Crippen LogP contribution < -0.4 is 5.32 Å². The number of para-hydroxylation sites is 1.